The van der Waals surface area contributed by atoms with E-state index in [4.69, 9.17) is 4.52 Å². The molecule has 2 amide bonds. The van der Waals surface area contributed by atoms with E-state index in [9.17, 15) is 9.59 Å². The van der Waals surface area contributed by atoms with Crippen molar-refractivity contribution in [2.45, 2.75) is 25.1 Å². The highest BCUT2D eigenvalue weighted by molar-refractivity contribution is 8.01. The van der Waals surface area contributed by atoms with Crippen LogP contribution in [0.3, 0.4) is 0 Å². The minimum atomic E-state index is -0.393. The summed E-state index contributed by atoms with van der Waals surface area (Å²) in [5, 5.41) is 9.24. The lowest BCUT2D eigenvalue weighted by molar-refractivity contribution is -0.119. The van der Waals surface area contributed by atoms with Crippen molar-refractivity contribution in [1.82, 2.24) is 20.3 Å². The normalized spacial score (nSPS) is 17.1. The van der Waals surface area contributed by atoms with Gasteiger partial charge in [0.1, 0.15) is 5.76 Å². The Morgan fingerprint density at radius 3 is 2.55 bits per heavy atom. The first-order chi connectivity index (χ1) is 14.9. The van der Waals surface area contributed by atoms with E-state index in [0.29, 0.717) is 11.6 Å². The zero-order valence-corrected chi connectivity index (χ0v) is 19.2. The van der Waals surface area contributed by atoms with Crippen molar-refractivity contribution in [3.05, 3.63) is 47.7 Å². The van der Waals surface area contributed by atoms with E-state index in [1.54, 1.807) is 19.9 Å². The predicted molar refractivity (Wildman–Crippen MR) is 123 cm³/mol. The molecule has 1 aromatic heterocycles. The van der Waals surface area contributed by atoms with Crippen molar-refractivity contribution in [1.29, 1.82) is 0 Å². The summed E-state index contributed by atoms with van der Waals surface area (Å²) < 4.78 is 4.96. The Morgan fingerprint density at radius 2 is 1.90 bits per heavy atom. The Morgan fingerprint density at radius 1 is 1.19 bits per heavy atom. The number of anilines is 1. The molecule has 168 valence electrons. The molecule has 1 aliphatic rings. The van der Waals surface area contributed by atoms with Gasteiger partial charge < -0.3 is 20.1 Å². The molecule has 0 saturated carbocycles. The van der Waals surface area contributed by atoms with Crippen LogP contribution in [-0.2, 0) is 9.59 Å². The van der Waals surface area contributed by atoms with Gasteiger partial charge in [0, 0.05) is 38.8 Å². The van der Waals surface area contributed by atoms with Crippen molar-refractivity contribution in [2.24, 2.45) is 0 Å². The Bertz CT molecular complexity index is 852. The second kappa shape index (κ2) is 11.3. The Kier molecular flexibility index (Phi) is 8.51. The first-order valence-corrected chi connectivity index (χ1v) is 11.6. The molecular weight excluding hydrogens is 414 g/mol. The van der Waals surface area contributed by atoms with Gasteiger partial charge in [-0.05, 0) is 26.5 Å². The van der Waals surface area contributed by atoms with Crippen molar-refractivity contribution in [3.63, 3.8) is 0 Å². The zero-order chi connectivity index (χ0) is 22.2. The first-order valence-electron chi connectivity index (χ1n) is 10.5. The number of piperazine rings is 1. The molecule has 1 fully saturated rings. The van der Waals surface area contributed by atoms with Crippen molar-refractivity contribution in [2.75, 3.05) is 50.8 Å². The summed E-state index contributed by atoms with van der Waals surface area (Å²) >= 11 is 1.30. The Labute approximate surface area is 187 Å². The maximum absolute atomic E-state index is 12.7. The Hall–Kier alpha value is -2.36. The van der Waals surface area contributed by atoms with E-state index >= 15 is 0 Å². The van der Waals surface area contributed by atoms with Crippen LogP contribution in [0.4, 0.5) is 5.82 Å². The lowest BCUT2D eigenvalue weighted by Crippen LogP contribution is -2.48. The number of rotatable bonds is 9. The van der Waals surface area contributed by atoms with Crippen molar-refractivity contribution in [3.8, 4) is 0 Å². The number of amides is 2. The molecule has 1 saturated heterocycles. The van der Waals surface area contributed by atoms with Crippen LogP contribution in [0.25, 0.3) is 0 Å². The van der Waals surface area contributed by atoms with Crippen LogP contribution in [0.15, 0.2) is 40.9 Å². The van der Waals surface area contributed by atoms with Gasteiger partial charge in [-0.1, -0.05) is 35.5 Å². The smallest absolute Gasteiger partial charge is 0.238 e. The summed E-state index contributed by atoms with van der Waals surface area (Å²) in [6, 6.07) is 11.6. The highest BCUT2D eigenvalue weighted by Gasteiger charge is 2.22. The van der Waals surface area contributed by atoms with Gasteiger partial charge in [0.15, 0.2) is 5.82 Å². The van der Waals surface area contributed by atoms with Crippen LogP contribution in [0.5, 0.6) is 0 Å². The average molecular weight is 446 g/mol. The van der Waals surface area contributed by atoms with E-state index < -0.39 is 5.25 Å². The SMILES string of the molecule is Cc1cc(NC(=O)C(C)SCC(=O)NC(CN2CCN(C)CC2)c2ccccc2)no1. The number of aromatic nitrogens is 1. The lowest BCUT2D eigenvalue weighted by atomic mass is 10.1. The third kappa shape index (κ3) is 7.37. The van der Waals surface area contributed by atoms with Crippen molar-refractivity contribution >= 4 is 29.4 Å². The molecule has 0 bridgehead atoms. The van der Waals surface area contributed by atoms with Crippen LogP contribution in [-0.4, -0.2) is 77.5 Å². The summed E-state index contributed by atoms with van der Waals surface area (Å²) in [6.45, 7) is 8.35. The number of likely N-dealkylation sites (N-methyl/N-ethyl adjacent to an activating group) is 1. The first kappa shape index (κ1) is 23.3. The van der Waals surface area contributed by atoms with Gasteiger partial charge in [-0.2, -0.15) is 0 Å². The molecule has 2 atom stereocenters. The number of hydrogen-bond acceptors (Lipinski definition) is 7. The van der Waals surface area contributed by atoms with Gasteiger partial charge in [-0.15, -0.1) is 11.8 Å². The molecular formula is C22H31N5O3S. The quantitative estimate of drug-likeness (QED) is 0.611. The van der Waals surface area contributed by atoms with Crippen LogP contribution in [0.1, 0.15) is 24.3 Å². The molecule has 9 heteroatoms. The number of thioether (sulfide) groups is 1. The van der Waals surface area contributed by atoms with Gasteiger partial charge >= 0.3 is 0 Å². The number of carbonyl (C=O) groups is 2. The fourth-order valence-electron chi connectivity index (χ4n) is 3.37. The summed E-state index contributed by atoms with van der Waals surface area (Å²) in [4.78, 5) is 29.7. The summed E-state index contributed by atoms with van der Waals surface area (Å²) in [5.74, 6) is 0.935. The van der Waals surface area contributed by atoms with E-state index in [0.717, 1.165) is 38.3 Å². The number of hydrogen-bond donors (Lipinski definition) is 2. The second-order valence-corrected chi connectivity index (χ2v) is 9.23. The fourth-order valence-corrected chi connectivity index (χ4v) is 4.07. The van der Waals surface area contributed by atoms with E-state index in [1.807, 2.05) is 30.3 Å². The Balaban J connectivity index is 1.51. The highest BCUT2D eigenvalue weighted by atomic mass is 32.2. The topological polar surface area (TPSA) is 90.7 Å². The summed E-state index contributed by atoms with van der Waals surface area (Å²) in [7, 11) is 2.13. The van der Waals surface area contributed by atoms with E-state index in [2.05, 4.69) is 32.6 Å². The maximum Gasteiger partial charge on any atom is 0.238 e. The monoisotopic (exact) mass is 445 g/mol. The molecule has 2 heterocycles. The van der Waals surface area contributed by atoms with Gasteiger partial charge in [-0.25, -0.2) is 0 Å². The second-order valence-electron chi connectivity index (χ2n) is 7.90. The highest BCUT2D eigenvalue weighted by Crippen LogP contribution is 2.18. The maximum atomic E-state index is 12.7. The molecule has 1 aliphatic heterocycles. The molecule has 0 spiro atoms. The van der Waals surface area contributed by atoms with Gasteiger partial charge in [0.05, 0.1) is 17.0 Å². The molecule has 1 aromatic carbocycles. The predicted octanol–water partition coefficient (Wildman–Crippen LogP) is 2.15. The van der Waals surface area contributed by atoms with Crippen LogP contribution in [0, 0.1) is 6.92 Å². The number of benzene rings is 1. The molecule has 2 aromatic rings. The molecule has 3 rings (SSSR count). The zero-order valence-electron chi connectivity index (χ0n) is 18.3. The molecule has 8 nitrogen and oxygen atoms in total. The third-order valence-electron chi connectivity index (χ3n) is 5.29. The van der Waals surface area contributed by atoms with Crippen LogP contribution in [0.2, 0.25) is 0 Å². The van der Waals surface area contributed by atoms with Crippen molar-refractivity contribution < 1.29 is 14.1 Å². The fraction of sp³-hybridized carbons (Fsp3) is 0.500. The molecule has 2 unspecified atom stereocenters. The average Bonchev–Trinajstić information content (AvgIpc) is 3.18. The van der Waals surface area contributed by atoms with E-state index in [-0.39, 0.29) is 23.6 Å². The van der Waals surface area contributed by atoms with Gasteiger partial charge in [0.2, 0.25) is 11.8 Å². The molecule has 2 N–H and O–H groups in total. The minimum Gasteiger partial charge on any atom is -0.360 e. The minimum absolute atomic E-state index is 0.0788. The van der Waals surface area contributed by atoms with E-state index in [1.165, 1.54) is 11.8 Å². The van der Waals surface area contributed by atoms with Gasteiger partial charge in [0.25, 0.3) is 0 Å². The molecule has 0 radical (unpaired) electrons. The van der Waals surface area contributed by atoms with Gasteiger partial charge in [-0.3, -0.25) is 14.5 Å². The number of nitrogens with one attached hydrogen (secondary N) is 2. The number of carbonyl (C=O) groups excluding carboxylic acids is 2. The summed E-state index contributed by atoms with van der Waals surface area (Å²) in [5.41, 5.74) is 1.09. The van der Waals surface area contributed by atoms with Crippen LogP contribution < -0.4 is 10.6 Å². The molecule has 31 heavy (non-hydrogen) atoms. The number of aryl methyl sites for hydroxylation is 1. The lowest BCUT2D eigenvalue weighted by Gasteiger charge is -2.35. The van der Waals surface area contributed by atoms with Crippen LogP contribution >= 0.6 is 11.8 Å². The summed E-state index contributed by atoms with van der Waals surface area (Å²) in [6.07, 6.45) is 0. The standard InChI is InChI=1S/C22H31N5O3S/c1-16-13-20(25-30-16)24-22(29)17(2)31-15-21(28)23-19(18-7-5-4-6-8-18)14-27-11-9-26(3)10-12-27/h4-8,13,17,19H,9-12,14-15H2,1-3H3,(H,23,28)(H,24,25,29). The third-order valence-corrected chi connectivity index (χ3v) is 6.43. The largest absolute Gasteiger partial charge is 0.360 e. The molecule has 0 aliphatic carbocycles. The number of nitrogens with zero attached hydrogens (tertiary/aromatic N) is 3.